The first-order valence-electron chi connectivity index (χ1n) is 9.13. The van der Waals surface area contributed by atoms with Gasteiger partial charge in [0.2, 0.25) is 5.95 Å². The van der Waals surface area contributed by atoms with Crippen molar-refractivity contribution in [3.05, 3.63) is 32.5 Å². The minimum absolute atomic E-state index is 0.201. The summed E-state index contributed by atoms with van der Waals surface area (Å²) in [6, 6.07) is 0.201. The van der Waals surface area contributed by atoms with Crippen LogP contribution in [-0.4, -0.2) is 37.8 Å². The van der Waals surface area contributed by atoms with Crippen molar-refractivity contribution in [2.45, 2.75) is 45.7 Å². The lowest BCUT2D eigenvalue weighted by Gasteiger charge is -2.36. The van der Waals surface area contributed by atoms with Crippen molar-refractivity contribution >= 4 is 17.1 Å². The fourth-order valence-corrected chi connectivity index (χ4v) is 3.61. The van der Waals surface area contributed by atoms with E-state index in [2.05, 4.69) is 11.0 Å². The molecule has 0 aliphatic carbocycles. The van der Waals surface area contributed by atoms with Crippen molar-refractivity contribution in [2.24, 2.45) is 19.8 Å². The van der Waals surface area contributed by atoms with Crippen LogP contribution in [0.1, 0.15) is 33.1 Å². The van der Waals surface area contributed by atoms with Crippen LogP contribution in [0.5, 0.6) is 0 Å². The van der Waals surface area contributed by atoms with Gasteiger partial charge in [-0.15, -0.1) is 0 Å². The molecule has 1 unspecified atom stereocenters. The van der Waals surface area contributed by atoms with Gasteiger partial charge in [0.25, 0.3) is 5.56 Å². The molecule has 0 radical (unpaired) electrons. The Balaban J connectivity index is 2.31. The first kappa shape index (κ1) is 18.4. The third-order valence-corrected chi connectivity index (χ3v) is 5.17. The molecule has 0 saturated carbocycles. The van der Waals surface area contributed by atoms with Crippen LogP contribution in [0, 0.1) is 0 Å². The summed E-state index contributed by atoms with van der Waals surface area (Å²) >= 11 is 0. The molecule has 0 bridgehead atoms. The fraction of sp³-hybridized carbons (Fsp3) is 0.611. The van der Waals surface area contributed by atoms with Gasteiger partial charge >= 0.3 is 5.69 Å². The molecule has 26 heavy (non-hydrogen) atoms. The van der Waals surface area contributed by atoms with E-state index < -0.39 is 0 Å². The van der Waals surface area contributed by atoms with Crippen molar-refractivity contribution in [3.8, 4) is 0 Å². The highest BCUT2D eigenvalue weighted by molar-refractivity contribution is 5.74. The van der Waals surface area contributed by atoms with Gasteiger partial charge in [0, 0.05) is 39.8 Å². The van der Waals surface area contributed by atoms with Crippen LogP contribution in [0.4, 0.5) is 5.95 Å². The normalized spacial score (nSPS) is 17.7. The largest absolute Gasteiger partial charge is 0.338 e. The smallest absolute Gasteiger partial charge is 0.332 e. The number of piperidine rings is 1. The van der Waals surface area contributed by atoms with Gasteiger partial charge in [-0.25, -0.2) is 4.79 Å². The lowest BCUT2D eigenvalue weighted by molar-refractivity contribution is 0.454. The molecular weight excluding hydrogens is 332 g/mol. The van der Waals surface area contributed by atoms with Crippen molar-refractivity contribution in [1.82, 2.24) is 18.7 Å². The average molecular weight is 360 g/mol. The van der Waals surface area contributed by atoms with Crippen LogP contribution in [0.25, 0.3) is 11.2 Å². The number of aromatic nitrogens is 4. The summed E-state index contributed by atoms with van der Waals surface area (Å²) in [6.07, 6.45) is 5.29. The molecule has 1 aliphatic rings. The molecule has 0 amide bonds. The summed E-state index contributed by atoms with van der Waals surface area (Å²) in [5.74, 6) is 0.728. The van der Waals surface area contributed by atoms with Gasteiger partial charge in [-0.05, 0) is 33.1 Å². The zero-order valence-electron chi connectivity index (χ0n) is 16.0. The Kier molecular flexibility index (Phi) is 5.04. The number of hydrogen-bond donors (Lipinski definition) is 1. The van der Waals surface area contributed by atoms with Crippen LogP contribution in [0.2, 0.25) is 0 Å². The molecule has 1 fully saturated rings. The van der Waals surface area contributed by atoms with E-state index in [0.717, 1.165) is 41.9 Å². The minimum atomic E-state index is -0.366. The maximum absolute atomic E-state index is 12.8. The second-order valence-electron chi connectivity index (χ2n) is 7.26. The highest BCUT2D eigenvalue weighted by atomic mass is 16.2. The molecular formula is C18H28N6O2. The number of aryl methyl sites for hydroxylation is 1. The molecule has 8 heteroatoms. The van der Waals surface area contributed by atoms with Gasteiger partial charge in [-0.2, -0.15) is 4.98 Å². The highest BCUT2D eigenvalue weighted by Crippen LogP contribution is 2.26. The number of imidazole rings is 1. The molecule has 3 rings (SSSR count). The number of hydrogen-bond acceptors (Lipinski definition) is 5. The predicted octanol–water partition coefficient (Wildman–Crippen LogP) is 0.718. The maximum atomic E-state index is 12.8. The molecule has 3 heterocycles. The Morgan fingerprint density at radius 3 is 2.62 bits per heavy atom. The Hall–Kier alpha value is -2.35. The Bertz CT molecular complexity index is 961. The van der Waals surface area contributed by atoms with Crippen LogP contribution < -0.4 is 21.9 Å². The number of fused-ring (bicyclic) bond motifs is 1. The Morgan fingerprint density at radius 2 is 1.96 bits per heavy atom. The number of allylic oxidation sites excluding steroid dienone is 2. The van der Waals surface area contributed by atoms with E-state index >= 15 is 0 Å². The fourth-order valence-electron chi connectivity index (χ4n) is 3.61. The number of rotatable bonds is 4. The summed E-state index contributed by atoms with van der Waals surface area (Å²) in [7, 11) is 3.16. The Morgan fingerprint density at radius 1 is 1.23 bits per heavy atom. The van der Waals surface area contributed by atoms with Crippen LogP contribution in [0.3, 0.4) is 0 Å². The third-order valence-electron chi connectivity index (χ3n) is 5.17. The minimum Gasteiger partial charge on any atom is -0.338 e. The van der Waals surface area contributed by atoms with E-state index in [0.29, 0.717) is 24.3 Å². The van der Waals surface area contributed by atoms with Crippen molar-refractivity contribution in [2.75, 3.05) is 18.0 Å². The third kappa shape index (κ3) is 2.98. The summed E-state index contributed by atoms with van der Waals surface area (Å²) in [6.45, 7) is 5.99. The van der Waals surface area contributed by atoms with Crippen LogP contribution in [-0.2, 0) is 20.6 Å². The van der Waals surface area contributed by atoms with E-state index in [1.165, 1.54) is 11.6 Å². The van der Waals surface area contributed by atoms with Crippen LogP contribution >= 0.6 is 0 Å². The summed E-state index contributed by atoms with van der Waals surface area (Å²) in [5.41, 5.74) is 7.36. The quantitative estimate of drug-likeness (QED) is 0.811. The second kappa shape index (κ2) is 7.11. The molecule has 2 aromatic heterocycles. The molecule has 0 spiro atoms. The molecule has 142 valence electrons. The van der Waals surface area contributed by atoms with Crippen molar-refractivity contribution in [3.63, 3.8) is 0 Å². The zero-order valence-corrected chi connectivity index (χ0v) is 16.0. The molecule has 0 aromatic carbocycles. The first-order valence-corrected chi connectivity index (χ1v) is 9.13. The molecule has 2 aromatic rings. The van der Waals surface area contributed by atoms with Gasteiger partial charge in [0.15, 0.2) is 11.2 Å². The Labute approximate surface area is 152 Å². The van der Waals surface area contributed by atoms with E-state index in [4.69, 9.17) is 10.7 Å². The van der Waals surface area contributed by atoms with Gasteiger partial charge in [-0.3, -0.25) is 13.9 Å². The summed E-state index contributed by atoms with van der Waals surface area (Å²) in [4.78, 5) is 32.1. The SMILES string of the molecule is CC(C)=CCn1c(N2CCCCC2CN)nc2c1c(=O)n(C)c(=O)n2C. The first-order chi connectivity index (χ1) is 12.4. The number of nitrogens with two attached hydrogens (primary N) is 1. The van der Waals surface area contributed by atoms with Gasteiger partial charge < -0.3 is 15.2 Å². The monoisotopic (exact) mass is 360 g/mol. The van der Waals surface area contributed by atoms with Crippen molar-refractivity contribution < 1.29 is 0 Å². The standard InChI is InChI=1S/C18H28N6O2/c1-12(2)8-10-24-14-15(21(3)18(26)22(4)16(14)25)20-17(24)23-9-6-5-7-13(23)11-19/h8,13H,5-7,9-11,19H2,1-4H3. The van der Waals surface area contributed by atoms with Gasteiger partial charge in [0.05, 0.1) is 0 Å². The molecule has 1 atom stereocenters. The summed E-state index contributed by atoms with van der Waals surface area (Å²) < 4.78 is 4.52. The molecule has 1 saturated heterocycles. The van der Waals surface area contributed by atoms with Crippen LogP contribution in [0.15, 0.2) is 21.2 Å². The zero-order chi connectivity index (χ0) is 19.0. The van der Waals surface area contributed by atoms with E-state index in [9.17, 15) is 9.59 Å². The topological polar surface area (TPSA) is 91.1 Å². The maximum Gasteiger partial charge on any atom is 0.332 e. The van der Waals surface area contributed by atoms with Crippen molar-refractivity contribution in [1.29, 1.82) is 0 Å². The molecule has 2 N–H and O–H groups in total. The lowest BCUT2D eigenvalue weighted by atomic mass is 10.0. The number of anilines is 1. The highest BCUT2D eigenvalue weighted by Gasteiger charge is 2.28. The molecule has 8 nitrogen and oxygen atoms in total. The predicted molar refractivity (Wildman–Crippen MR) is 104 cm³/mol. The number of nitrogens with zero attached hydrogens (tertiary/aromatic N) is 5. The lowest BCUT2D eigenvalue weighted by Crippen LogP contribution is -2.45. The van der Waals surface area contributed by atoms with E-state index in [1.807, 2.05) is 18.4 Å². The van der Waals surface area contributed by atoms with E-state index in [1.54, 1.807) is 7.05 Å². The van der Waals surface area contributed by atoms with Gasteiger partial charge in [-0.1, -0.05) is 11.6 Å². The second-order valence-corrected chi connectivity index (χ2v) is 7.26. The van der Waals surface area contributed by atoms with E-state index in [-0.39, 0.29) is 17.3 Å². The molecule has 1 aliphatic heterocycles. The van der Waals surface area contributed by atoms with Gasteiger partial charge in [0.1, 0.15) is 0 Å². The summed E-state index contributed by atoms with van der Waals surface area (Å²) in [5, 5.41) is 0. The average Bonchev–Trinajstić information content (AvgIpc) is 3.02.